The van der Waals surface area contributed by atoms with Crippen LogP contribution in [-0.2, 0) is 0 Å². The number of fused-ring (bicyclic) bond motifs is 1. The molecule has 0 aliphatic carbocycles. The molecule has 3 rings (SSSR count). The van der Waals surface area contributed by atoms with E-state index in [1.54, 1.807) is 6.92 Å². The molecule has 3 aromatic rings. The van der Waals surface area contributed by atoms with E-state index in [9.17, 15) is 4.79 Å². The Morgan fingerprint density at radius 1 is 1.32 bits per heavy atom. The van der Waals surface area contributed by atoms with Crippen molar-refractivity contribution in [1.29, 1.82) is 0 Å². The van der Waals surface area contributed by atoms with Gasteiger partial charge in [0.25, 0.3) is 0 Å². The molecule has 0 amide bonds. The second-order valence-electron chi connectivity index (χ2n) is 3.83. The molecule has 0 saturated heterocycles. The van der Waals surface area contributed by atoms with Crippen molar-refractivity contribution >= 4 is 11.0 Å². The van der Waals surface area contributed by atoms with Gasteiger partial charge in [-0.2, -0.15) is 10.1 Å². The summed E-state index contributed by atoms with van der Waals surface area (Å²) in [5, 5.41) is 4.17. The van der Waals surface area contributed by atoms with Crippen molar-refractivity contribution in [1.82, 2.24) is 14.8 Å². The summed E-state index contributed by atoms with van der Waals surface area (Å²) in [6.45, 7) is 2.17. The molecular weight excluding hydrogens is 246 g/mol. The number of hydrogen-bond donors (Lipinski definition) is 0. The first-order valence-electron chi connectivity index (χ1n) is 5.86. The Morgan fingerprint density at radius 3 is 2.84 bits per heavy atom. The van der Waals surface area contributed by atoms with Crippen LogP contribution in [0.25, 0.3) is 16.7 Å². The standard InChI is InChI=1S/C13H11N3O3/c1-2-18-13-15-10-8-14-16(11(10)12(17)19-13)9-6-4-3-5-7-9/h3-8H,2H2,1H3. The summed E-state index contributed by atoms with van der Waals surface area (Å²) in [6.07, 6.45) is 1.48. The number of rotatable bonds is 3. The third kappa shape index (κ3) is 1.97. The largest absolute Gasteiger partial charge is 0.450 e. The lowest BCUT2D eigenvalue weighted by molar-refractivity contribution is 0.229. The molecule has 0 fully saturated rings. The normalized spacial score (nSPS) is 10.8. The number of ether oxygens (including phenoxy) is 1. The van der Waals surface area contributed by atoms with Gasteiger partial charge >= 0.3 is 11.7 Å². The Kier molecular flexibility index (Phi) is 2.75. The molecule has 0 saturated carbocycles. The molecule has 0 unspecified atom stereocenters. The number of hydrogen-bond acceptors (Lipinski definition) is 5. The molecule has 1 aromatic carbocycles. The second kappa shape index (κ2) is 4.56. The van der Waals surface area contributed by atoms with Crippen LogP contribution in [0.2, 0.25) is 0 Å². The van der Waals surface area contributed by atoms with E-state index in [0.29, 0.717) is 17.6 Å². The number of aromatic nitrogens is 3. The van der Waals surface area contributed by atoms with Gasteiger partial charge in [0.2, 0.25) is 0 Å². The Balaban J connectivity index is 2.22. The fourth-order valence-electron chi connectivity index (χ4n) is 1.81. The molecule has 0 bridgehead atoms. The first-order chi connectivity index (χ1) is 9.29. The molecule has 0 aliphatic rings. The lowest BCUT2D eigenvalue weighted by Crippen LogP contribution is -2.09. The van der Waals surface area contributed by atoms with Crippen LogP contribution in [0, 0.1) is 0 Å². The summed E-state index contributed by atoms with van der Waals surface area (Å²) < 4.78 is 11.6. The van der Waals surface area contributed by atoms with Gasteiger partial charge in [-0.05, 0) is 19.1 Å². The minimum atomic E-state index is -0.519. The first kappa shape index (κ1) is 11.5. The van der Waals surface area contributed by atoms with E-state index in [0.717, 1.165) is 5.69 Å². The van der Waals surface area contributed by atoms with Crippen LogP contribution in [0.5, 0.6) is 6.08 Å². The Morgan fingerprint density at radius 2 is 2.11 bits per heavy atom. The molecule has 19 heavy (non-hydrogen) atoms. The van der Waals surface area contributed by atoms with E-state index >= 15 is 0 Å². The van der Waals surface area contributed by atoms with Gasteiger partial charge in [-0.15, -0.1) is 0 Å². The third-order valence-corrected chi connectivity index (χ3v) is 2.60. The minimum Gasteiger partial charge on any atom is -0.450 e. The average Bonchev–Trinajstić information content (AvgIpc) is 2.84. The summed E-state index contributed by atoms with van der Waals surface area (Å²) in [4.78, 5) is 16.1. The van der Waals surface area contributed by atoms with Crippen LogP contribution in [0.15, 0.2) is 45.7 Å². The SMILES string of the molecule is CCOc1nc2cnn(-c3ccccc3)c2c(=O)o1. The number of nitrogens with zero attached hydrogens (tertiary/aromatic N) is 3. The molecule has 0 atom stereocenters. The first-order valence-corrected chi connectivity index (χ1v) is 5.86. The highest BCUT2D eigenvalue weighted by Crippen LogP contribution is 2.16. The molecule has 2 heterocycles. The summed E-state index contributed by atoms with van der Waals surface area (Å²) in [7, 11) is 0. The molecule has 6 nitrogen and oxygen atoms in total. The lowest BCUT2D eigenvalue weighted by Gasteiger charge is -2.02. The van der Waals surface area contributed by atoms with Crippen molar-refractivity contribution in [2.75, 3.05) is 6.61 Å². The third-order valence-electron chi connectivity index (χ3n) is 2.60. The molecule has 0 spiro atoms. The molecule has 6 heteroatoms. The van der Waals surface area contributed by atoms with E-state index in [-0.39, 0.29) is 6.08 Å². The van der Waals surface area contributed by atoms with Gasteiger partial charge in [0, 0.05) is 0 Å². The van der Waals surface area contributed by atoms with Crippen LogP contribution < -0.4 is 10.4 Å². The zero-order valence-corrected chi connectivity index (χ0v) is 10.2. The van der Waals surface area contributed by atoms with Crippen molar-refractivity contribution in [3.63, 3.8) is 0 Å². The Hall–Kier alpha value is -2.63. The highest BCUT2D eigenvalue weighted by molar-refractivity contribution is 5.74. The van der Waals surface area contributed by atoms with Gasteiger partial charge < -0.3 is 9.15 Å². The van der Waals surface area contributed by atoms with Crippen molar-refractivity contribution < 1.29 is 9.15 Å². The Bertz CT molecular complexity index is 762. The number of para-hydroxylation sites is 1. The predicted octanol–water partition coefficient (Wildman–Crippen LogP) is 1.77. The maximum atomic E-state index is 12.0. The molecule has 0 aliphatic heterocycles. The molecule has 0 radical (unpaired) electrons. The zero-order chi connectivity index (χ0) is 13.2. The van der Waals surface area contributed by atoms with Gasteiger partial charge in [0.15, 0.2) is 5.52 Å². The van der Waals surface area contributed by atoms with E-state index in [4.69, 9.17) is 9.15 Å². The molecular formula is C13H11N3O3. The highest BCUT2D eigenvalue weighted by Gasteiger charge is 2.13. The second-order valence-corrected chi connectivity index (χ2v) is 3.83. The molecule has 96 valence electrons. The zero-order valence-electron chi connectivity index (χ0n) is 10.2. The smallest absolute Gasteiger partial charge is 0.397 e. The van der Waals surface area contributed by atoms with Gasteiger partial charge in [-0.25, -0.2) is 9.48 Å². The van der Waals surface area contributed by atoms with Crippen LogP contribution in [-0.4, -0.2) is 21.4 Å². The van der Waals surface area contributed by atoms with Crippen molar-refractivity contribution in [2.24, 2.45) is 0 Å². The van der Waals surface area contributed by atoms with Crippen LogP contribution >= 0.6 is 0 Å². The van der Waals surface area contributed by atoms with Crippen LogP contribution in [0.3, 0.4) is 0 Å². The van der Waals surface area contributed by atoms with E-state index in [1.807, 2.05) is 30.3 Å². The van der Waals surface area contributed by atoms with Crippen molar-refractivity contribution in [3.05, 3.63) is 46.9 Å². The fraction of sp³-hybridized carbons (Fsp3) is 0.154. The molecule has 2 aromatic heterocycles. The maximum Gasteiger partial charge on any atom is 0.397 e. The average molecular weight is 257 g/mol. The summed E-state index contributed by atoms with van der Waals surface area (Å²) in [5.74, 6) is 0. The number of benzene rings is 1. The van der Waals surface area contributed by atoms with Gasteiger partial charge in [-0.1, -0.05) is 18.2 Å². The summed E-state index contributed by atoms with van der Waals surface area (Å²) >= 11 is 0. The van der Waals surface area contributed by atoms with Crippen LogP contribution in [0.4, 0.5) is 0 Å². The van der Waals surface area contributed by atoms with Gasteiger partial charge in [0.05, 0.1) is 18.5 Å². The summed E-state index contributed by atoms with van der Waals surface area (Å²) in [6, 6.07) is 9.33. The summed E-state index contributed by atoms with van der Waals surface area (Å²) in [5.41, 5.74) is 1.00. The topological polar surface area (TPSA) is 70.2 Å². The minimum absolute atomic E-state index is 0.0346. The van der Waals surface area contributed by atoms with Crippen molar-refractivity contribution in [2.45, 2.75) is 6.92 Å². The fourth-order valence-corrected chi connectivity index (χ4v) is 1.81. The van der Waals surface area contributed by atoms with E-state index < -0.39 is 5.63 Å². The van der Waals surface area contributed by atoms with E-state index in [1.165, 1.54) is 10.9 Å². The molecule has 0 N–H and O–H groups in total. The quantitative estimate of drug-likeness (QED) is 0.715. The van der Waals surface area contributed by atoms with Crippen LogP contribution in [0.1, 0.15) is 6.92 Å². The van der Waals surface area contributed by atoms with Gasteiger partial charge in [-0.3, -0.25) is 0 Å². The monoisotopic (exact) mass is 257 g/mol. The Labute approximate surface area is 108 Å². The van der Waals surface area contributed by atoms with E-state index in [2.05, 4.69) is 10.1 Å². The highest BCUT2D eigenvalue weighted by atomic mass is 16.6. The maximum absolute atomic E-state index is 12.0. The van der Waals surface area contributed by atoms with Gasteiger partial charge in [0.1, 0.15) is 5.52 Å². The van der Waals surface area contributed by atoms with Crippen molar-refractivity contribution in [3.8, 4) is 11.8 Å². The predicted molar refractivity (Wildman–Crippen MR) is 68.6 cm³/mol. The lowest BCUT2D eigenvalue weighted by atomic mass is 10.3.